The molecule has 14 heavy (non-hydrogen) atoms. The highest BCUT2D eigenvalue weighted by Crippen LogP contribution is 2.16. The number of fused-ring (bicyclic) bond motifs is 1. The van der Waals surface area contributed by atoms with Gasteiger partial charge in [-0.1, -0.05) is 11.6 Å². The Morgan fingerprint density at radius 3 is 3.00 bits per heavy atom. The number of aliphatic hydroxyl groups excluding tert-OH is 1. The van der Waals surface area contributed by atoms with Crippen LogP contribution in [0.3, 0.4) is 0 Å². The van der Waals surface area contributed by atoms with Gasteiger partial charge in [-0.2, -0.15) is 0 Å². The number of halogens is 1. The lowest BCUT2D eigenvalue weighted by molar-refractivity contribution is 0.175. The van der Waals surface area contributed by atoms with Crippen molar-refractivity contribution < 1.29 is 5.11 Å². The summed E-state index contributed by atoms with van der Waals surface area (Å²) in [5.74, 6) is 0. The van der Waals surface area contributed by atoms with Crippen LogP contribution in [-0.2, 0) is 6.54 Å². The molecule has 2 heterocycles. The fraction of sp³-hybridized carbons (Fsp3) is 0.375. The van der Waals surface area contributed by atoms with E-state index in [1.54, 1.807) is 17.8 Å². The number of imidazole rings is 1. The summed E-state index contributed by atoms with van der Waals surface area (Å²) < 4.78 is 1.74. The average Bonchev–Trinajstić information content (AvgIpc) is 2.49. The van der Waals surface area contributed by atoms with Crippen molar-refractivity contribution in [2.24, 2.45) is 0 Å². The highest BCUT2D eigenvalue weighted by atomic mass is 35.5. The monoisotopic (exact) mass is 212 g/mol. The fourth-order valence-electron chi connectivity index (χ4n) is 1.27. The van der Waals surface area contributed by atoms with Gasteiger partial charge in [-0.25, -0.2) is 15.0 Å². The van der Waals surface area contributed by atoms with Gasteiger partial charge in [0.1, 0.15) is 11.8 Å². The van der Waals surface area contributed by atoms with Crippen molar-refractivity contribution in [3.8, 4) is 0 Å². The van der Waals surface area contributed by atoms with Crippen LogP contribution in [0.2, 0.25) is 5.15 Å². The van der Waals surface area contributed by atoms with Crippen LogP contribution in [0, 0.1) is 0 Å². The number of nitrogens with zero attached hydrogens (tertiary/aromatic N) is 4. The summed E-state index contributed by atoms with van der Waals surface area (Å²) in [7, 11) is 0. The van der Waals surface area contributed by atoms with E-state index in [1.165, 1.54) is 6.33 Å². The normalized spacial score (nSPS) is 13.4. The number of aromatic nitrogens is 4. The quantitative estimate of drug-likeness (QED) is 0.750. The Hall–Kier alpha value is -1.20. The summed E-state index contributed by atoms with van der Waals surface area (Å²) in [6, 6.07) is 0. The van der Waals surface area contributed by atoms with Crippen LogP contribution in [0.15, 0.2) is 12.7 Å². The fourth-order valence-corrected chi connectivity index (χ4v) is 1.45. The van der Waals surface area contributed by atoms with Gasteiger partial charge in [-0.3, -0.25) is 0 Å². The Balaban J connectivity index is 2.52. The van der Waals surface area contributed by atoms with Gasteiger partial charge in [0, 0.05) is 0 Å². The van der Waals surface area contributed by atoms with Crippen molar-refractivity contribution >= 4 is 22.8 Å². The molecule has 0 fully saturated rings. The van der Waals surface area contributed by atoms with Gasteiger partial charge in [-0.05, 0) is 6.92 Å². The van der Waals surface area contributed by atoms with Crippen LogP contribution < -0.4 is 0 Å². The Bertz CT molecular complexity index is 454. The molecule has 0 saturated carbocycles. The molecule has 0 aliphatic rings. The molecule has 5 nitrogen and oxygen atoms in total. The van der Waals surface area contributed by atoms with E-state index in [0.29, 0.717) is 22.9 Å². The second-order valence-electron chi connectivity index (χ2n) is 3.08. The summed E-state index contributed by atoms with van der Waals surface area (Å²) in [5, 5.41) is 9.56. The van der Waals surface area contributed by atoms with Crippen molar-refractivity contribution in [1.29, 1.82) is 0 Å². The van der Waals surface area contributed by atoms with Crippen LogP contribution in [-0.4, -0.2) is 30.7 Å². The van der Waals surface area contributed by atoms with E-state index in [4.69, 9.17) is 11.6 Å². The maximum atomic E-state index is 9.23. The van der Waals surface area contributed by atoms with Crippen LogP contribution in [0.25, 0.3) is 11.2 Å². The third-order valence-electron chi connectivity index (χ3n) is 1.82. The molecule has 0 aliphatic heterocycles. The van der Waals surface area contributed by atoms with Crippen molar-refractivity contribution in [2.45, 2.75) is 19.6 Å². The lowest BCUT2D eigenvalue weighted by Crippen LogP contribution is -2.11. The zero-order chi connectivity index (χ0) is 10.1. The Kier molecular flexibility index (Phi) is 2.35. The SMILES string of the molecule is C[C@H](O)Cn1cnc2c(Cl)ncnc21. The highest BCUT2D eigenvalue weighted by Gasteiger charge is 2.09. The van der Waals surface area contributed by atoms with Crippen molar-refractivity contribution in [1.82, 2.24) is 19.5 Å². The van der Waals surface area contributed by atoms with Crippen molar-refractivity contribution in [2.75, 3.05) is 0 Å². The first kappa shape index (κ1) is 9.36. The lowest BCUT2D eigenvalue weighted by atomic mass is 10.4. The summed E-state index contributed by atoms with van der Waals surface area (Å²) in [4.78, 5) is 11.9. The Morgan fingerprint density at radius 2 is 2.29 bits per heavy atom. The average molecular weight is 213 g/mol. The van der Waals surface area contributed by atoms with Crippen LogP contribution in [0.1, 0.15) is 6.92 Å². The predicted molar refractivity (Wildman–Crippen MR) is 52.0 cm³/mol. The molecule has 2 aromatic rings. The molecular formula is C8H9ClN4O. The van der Waals surface area contributed by atoms with E-state index in [2.05, 4.69) is 15.0 Å². The minimum absolute atomic E-state index is 0.333. The molecule has 2 aromatic heterocycles. The molecule has 0 unspecified atom stereocenters. The standard InChI is InChI=1S/C8H9ClN4O/c1-5(14)2-13-4-12-6-7(9)10-3-11-8(6)13/h3-5,14H,2H2,1H3/t5-/m0/s1. The first-order valence-electron chi connectivity index (χ1n) is 4.18. The van der Waals surface area contributed by atoms with Gasteiger partial charge in [-0.15, -0.1) is 0 Å². The molecule has 0 saturated heterocycles. The summed E-state index contributed by atoms with van der Waals surface area (Å²) in [6.07, 6.45) is 2.53. The minimum atomic E-state index is -0.443. The largest absolute Gasteiger partial charge is 0.392 e. The smallest absolute Gasteiger partial charge is 0.164 e. The molecule has 0 spiro atoms. The van der Waals surface area contributed by atoms with Gasteiger partial charge in [0.15, 0.2) is 10.8 Å². The minimum Gasteiger partial charge on any atom is -0.392 e. The van der Waals surface area contributed by atoms with Crippen molar-refractivity contribution in [3.05, 3.63) is 17.8 Å². The van der Waals surface area contributed by atoms with Gasteiger partial charge in [0.2, 0.25) is 0 Å². The molecule has 0 aliphatic carbocycles. The zero-order valence-electron chi connectivity index (χ0n) is 7.55. The second-order valence-corrected chi connectivity index (χ2v) is 3.44. The third kappa shape index (κ3) is 1.56. The molecule has 0 radical (unpaired) electrons. The number of rotatable bonds is 2. The zero-order valence-corrected chi connectivity index (χ0v) is 8.31. The van der Waals surface area contributed by atoms with E-state index >= 15 is 0 Å². The summed E-state index contributed by atoms with van der Waals surface area (Å²) in [5.41, 5.74) is 1.21. The Morgan fingerprint density at radius 1 is 1.50 bits per heavy atom. The first-order chi connectivity index (χ1) is 6.68. The molecule has 6 heteroatoms. The molecule has 0 bridgehead atoms. The van der Waals surface area contributed by atoms with E-state index < -0.39 is 6.10 Å². The van der Waals surface area contributed by atoms with Crippen molar-refractivity contribution in [3.63, 3.8) is 0 Å². The van der Waals surface area contributed by atoms with E-state index in [0.717, 1.165) is 0 Å². The molecule has 1 atom stereocenters. The summed E-state index contributed by atoms with van der Waals surface area (Å²) in [6.45, 7) is 2.15. The predicted octanol–water partition coefficient (Wildman–Crippen LogP) is 0.861. The first-order valence-corrected chi connectivity index (χ1v) is 4.55. The second kappa shape index (κ2) is 3.51. The van der Waals surface area contributed by atoms with E-state index in [-0.39, 0.29) is 0 Å². The Labute approximate surface area is 85.4 Å². The van der Waals surface area contributed by atoms with Crippen LogP contribution in [0.4, 0.5) is 0 Å². The van der Waals surface area contributed by atoms with E-state index in [1.807, 2.05) is 0 Å². The molecule has 0 aromatic carbocycles. The summed E-state index contributed by atoms with van der Waals surface area (Å²) >= 11 is 5.82. The van der Waals surface area contributed by atoms with Gasteiger partial charge < -0.3 is 9.67 Å². The van der Waals surface area contributed by atoms with Gasteiger partial charge >= 0.3 is 0 Å². The third-order valence-corrected chi connectivity index (χ3v) is 2.09. The maximum Gasteiger partial charge on any atom is 0.164 e. The van der Waals surface area contributed by atoms with E-state index in [9.17, 15) is 5.11 Å². The van der Waals surface area contributed by atoms with Gasteiger partial charge in [0.25, 0.3) is 0 Å². The van der Waals surface area contributed by atoms with Crippen LogP contribution >= 0.6 is 11.6 Å². The van der Waals surface area contributed by atoms with Gasteiger partial charge in [0.05, 0.1) is 19.0 Å². The molecular weight excluding hydrogens is 204 g/mol. The molecule has 1 N–H and O–H groups in total. The van der Waals surface area contributed by atoms with Crippen LogP contribution in [0.5, 0.6) is 0 Å². The number of aliphatic hydroxyl groups is 1. The molecule has 2 rings (SSSR count). The number of hydrogen-bond donors (Lipinski definition) is 1. The maximum absolute atomic E-state index is 9.23. The number of hydrogen-bond acceptors (Lipinski definition) is 4. The lowest BCUT2D eigenvalue weighted by Gasteiger charge is -2.04. The molecule has 0 amide bonds. The molecule has 74 valence electrons. The highest BCUT2D eigenvalue weighted by molar-refractivity contribution is 6.33. The topological polar surface area (TPSA) is 63.8 Å².